The highest BCUT2D eigenvalue weighted by molar-refractivity contribution is 5.84. The summed E-state index contributed by atoms with van der Waals surface area (Å²) in [5, 5.41) is 13.8. The van der Waals surface area contributed by atoms with Gasteiger partial charge in [-0.05, 0) is 52.3 Å². The van der Waals surface area contributed by atoms with Crippen LogP contribution >= 0.6 is 0 Å². The molecule has 7 heteroatoms. The fraction of sp³-hybridized carbons (Fsp3) is 0.476. The molecule has 0 aliphatic carbocycles. The highest BCUT2D eigenvalue weighted by atomic mass is 16.2. The SMILES string of the molecule is CCNC(=NCc1ccccc1-n1nc(C)cc1C)NCC(C)(C)C(=O)NC. The predicted octanol–water partition coefficient (Wildman–Crippen LogP) is 2.32. The summed E-state index contributed by atoms with van der Waals surface area (Å²) < 4.78 is 1.95. The molecule has 7 nitrogen and oxygen atoms in total. The molecule has 1 amide bonds. The number of benzene rings is 1. The molecular weight excluding hydrogens is 352 g/mol. The molecule has 0 aliphatic heterocycles. The van der Waals surface area contributed by atoms with Gasteiger partial charge >= 0.3 is 0 Å². The molecule has 2 rings (SSSR count). The lowest BCUT2D eigenvalue weighted by Crippen LogP contribution is -2.47. The first kappa shape index (κ1) is 21.5. The zero-order chi connectivity index (χ0) is 20.7. The number of amides is 1. The zero-order valence-corrected chi connectivity index (χ0v) is 17.8. The number of hydrogen-bond acceptors (Lipinski definition) is 3. The molecule has 0 saturated carbocycles. The number of aryl methyl sites for hydroxylation is 2. The van der Waals surface area contributed by atoms with Crippen LogP contribution in [-0.2, 0) is 11.3 Å². The fourth-order valence-corrected chi connectivity index (χ4v) is 2.95. The van der Waals surface area contributed by atoms with Crippen molar-refractivity contribution in [3.05, 3.63) is 47.3 Å². The van der Waals surface area contributed by atoms with E-state index >= 15 is 0 Å². The molecular formula is C21H32N6O. The molecule has 0 radical (unpaired) electrons. The molecule has 28 heavy (non-hydrogen) atoms. The van der Waals surface area contributed by atoms with E-state index in [-0.39, 0.29) is 5.91 Å². The van der Waals surface area contributed by atoms with Gasteiger partial charge in [-0.1, -0.05) is 18.2 Å². The lowest BCUT2D eigenvalue weighted by atomic mass is 9.92. The summed E-state index contributed by atoms with van der Waals surface area (Å²) >= 11 is 0. The van der Waals surface area contributed by atoms with Gasteiger partial charge in [0.05, 0.1) is 23.3 Å². The molecule has 0 spiro atoms. The first-order chi connectivity index (χ1) is 13.3. The van der Waals surface area contributed by atoms with E-state index in [0.717, 1.165) is 29.2 Å². The second kappa shape index (κ2) is 9.39. The summed E-state index contributed by atoms with van der Waals surface area (Å²) in [5.41, 5.74) is 3.65. The van der Waals surface area contributed by atoms with E-state index in [1.54, 1.807) is 7.05 Å². The maximum Gasteiger partial charge on any atom is 0.227 e. The number of guanidine groups is 1. The van der Waals surface area contributed by atoms with Gasteiger partial charge in [-0.25, -0.2) is 9.67 Å². The van der Waals surface area contributed by atoms with Gasteiger partial charge in [0, 0.05) is 25.8 Å². The lowest BCUT2D eigenvalue weighted by molar-refractivity contribution is -0.128. The van der Waals surface area contributed by atoms with Crippen LogP contribution in [0, 0.1) is 19.3 Å². The molecule has 0 saturated heterocycles. The maximum absolute atomic E-state index is 12.0. The van der Waals surface area contributed by atoms with Crippen LogP contribution in [0.15, 0.2) is 35.3 Å². The van der Waals surface area contributed by atoms with Crippen molar-refractivity contribution in [3.8, 4) is 5.69 Å². The minimum absolute atomic E-state index is 0.00859. The quantitative estimate of drug-likeness (QED) is 0.505. The number of nitrogens with zero attached hydrogens (tertiary/aromatic N) is 3. The third kappa shape index (κ3) is 5.34. The van der Waals surface area contributed by atoms with Crippen LogP contribution in [-0.4, -0.2) is 41.8 Å². The summed E-state index contributed by atoms with van der Waals surface area (Å²) in [5.74, 6) is 0.674. The Morgan fingerprint density at radius 3 is 2.54 bits per heavy atom. The van der Waals surface area contributed by atoms with Crippen LogP contribution in [0.5, 0.6) is 0 Å². The van der Waals surface area contributed by atoms with Gasteiger partial charge in [0.2, 0.25) is 5.91 Å². The Morgan fingerprint density at radius 2 is 1.93 bits per heavy atom. The number of hydrogen-bond donors (Lipinski definition) is 3. The summed E-state index contributed by atoms with van der Waals surface area (Å²) in [6.07, 6.45) is 0. The zero-order valence-electron chi connectivity index (χ0n) is 17.8. The van der Waals surface area contributed by atoms with Crippen LogP contribution < -0.4 is 16.0 Å². The van der Waals surface area contributed by atoms with Gasteiger partial charge in [0.25, 0.3) is 0 Å². The molecule has 0 atom stereocenters. The van der Waals surface area contributed by atoms with Gasteiger partial charge in [-0.3, -0.25) is 4.79 Å². The van der Waals surface area contributed by atoms with Crippen LogP contribution in [0.1, 0.15) is 37.7 Å². The maximum atomic E-state index is 12.0. The van der Waals surface area contributed by atoms with E-state index < -0.39 is 5.41 Å². The average molecular weight is 385 g/mol. The second-order valence-electron chi connectivity index (χ2n) is 7.48. The Balaban J connectivity index is 2.19. The Labute approximate surface area is 167 Å². The van der Waals surface area contributed by atoms with Gasteiger partial charge in [-0.2, -0.15) is 5.10 Å². The molecule has 3 N–H and O–H groups in total. The van der Waals surface area contributed by atoms with Crippen LogP contribution in [0.3, 0.4) is 0 Å². The number of rotatable bonds is 7. The third-order valence-electron chi connectivity index (χ3n) is 4.52. The minimum Gasteiger partial charge on any atom is -0.359 e. The van der Waals surface area contributed by atoms with Gasteiger partial charge in [0.15, 0.2) is 5.96 Å². The largest absolute Gasteiger partial charge is 0.359 e. The number of para-hydroxylation sites is 1. The number of aromatic nitrogens is 2. The second-order valence-corrected chi connectivity index (χ2v) is 7.48. The molecule has 1 aromatic carbocycles. The van der Waals surface area contributed by atoms with E-state index in [2.05, 4.69) is 39.2 Å². The molecule has 0 fully saturated rings. The van der Waals surface area contributed by atoms with E-state index in [0.29, 0.717) is 19.0 Å². The van der Waals surface area contributed by atoms with Crippen LogP contribution in [0.2, 0.25) is 0 Å². The highest BCUT2D eigenvalue weighted by Gasteiger charge is 2.26. The van der Waals surface area contributed by atoms with Crippen molar-refractivity contribution in [1.82, 2.24) is 25.7 Å². The molecule has 1 aromatic heterocycles. The smallest absolute Gasteiger partial charge is 0.227 e. The number of carbonyl (C=O) groups is 1. The molecule has 2 aromatic rings. The number of nitrogens with one attached hydrogen (secondary N) is 3. The summed E-state index contributed by atoms with van der Waals surface area (Å²) in [7, 11) is 1.65. The van der Waals surface area contributed by atoms with Gasteiger partial charge in [0.1, 0.15) is 0 Å². The number of carbonyl (C=O) groups excluding carboxylic acids is 1. The Morgan fingerprint density at radius 1 is 1.21 bits per heavy atom. The molecule has 0 aliphatic rings. The average Bonchev–Trinajstić information content (AvgIpc) is 3.01. The summed E-state index contributed by atoms with van der Waals surface area (Å²) in [6.45, 7) is 11.6. The van der Waals surface area contributed by atoms with E-state index in [1.165, 1.54) is 0 Å². The topological polar surface area (TPSA) is 83.3 Å². The Hall–Kier alpha value is -2.83. The normalized spacial score (nSPS) is 12.0. The van der Waals surface area contributed by atoms with Crippen molar-refractivity contribution < 1.29 is 4.79 Å². The van der Waals surface area contributed by atoms with Crippen molar-refractivity contribution in [2.45, 2.75) is 41.2 Å². The molecule has 0 bridgehead atoms. The predicted molar refractivity (Wildman–Crippen MR) is 114 cm³/mol. The van der Waals surface area contributed by atoms with Crippen molar-refractivity contribution in [2.75, 3.05) is 20.1 Å². The van der Waals surface area contributed by atoms with Crippen molar-refractivity contribution in [1.29, 1.82) is 0 Å². The lowest BCUT2D eigenvalue weighted by Gasteiger charge is -2.24. The van der Waals surface area contributed by atoms with Crippen molar-refractivity contribution in [3.63, 3.8) is 0 Å². The molecule has 152 valence electrons. The van der Waals surface area contributed by atoms with Crippen molar-refractivity contribution in [2.24, 2.45) is 10.4 Å². The third-order valence-corrected chi connectivity index (χ3v) is 4.52. The molecule has 0 unspecified atom stereocenters. The van der Waals surface area contributed by atoms with Gasteiger partial charge in [-0.15, -0.1) is 0 Å². The monoisotopic (exact) mass is 384 g/mol. The first-order valence-electron chi connectivity index (χ1n) is 9.64. The Bertz CT molecular complexity index is 837. The highest BCUT2D eigenvalue weighted by Crippen LogP contribution is 2.18. The van der Waals surface area contributed by atoms with Gasteiger partial charge < -0.3 is 16.0 Å². The minimum atomic E-state index is -0.535. The van der Waals surface area contributed by atoms with E-state index in [1.807, 2.05) is 51.4 Å². The Kier molecular flexibility index (Phi) is 7.20. The standard InChI is InChI=1S/C21H32N6O/c1-7-23-20(25-14-21(4,5)19(28)22-6)24-13-17-10-8-9-11-18(17)27-16(3)12-15(2)26-27/h8-12H,7,13-14H2,1-6H3,(H,22,28)(H2,23,24,25). The van der Waals surface area contributed by atoms with Crippen LogP contribution in [0.25, 0.3) is 5.69 Å². The summed E-state index contributed by atoms with van der Waals surface area (Å²) in [6, 6.07) is 10.2. The fourth-order valence-electron chi connectivity index (χ4n) is 2.95. The van der Waals surface area contributed by atoms with E-state index in [4.69, 9.17) is 4.99 Å². The van der Waals surface area contributed by atoms with Crippen LogP contribution in [0.4, 0.5) is 0 Å². The molecule has 1 heterocycles. The first-order valence-corrected chi connectivity index (χ1v) is 9.64. The number of aliphatic imine (C=N–C) groups is 1. The van der Waals surface area contributed by atoms with E-state index in [9.17, 15) is 4.79 Å². The van der Waals surface area contributed by atoms with Crippen molar-refractivity contribution >= 4 is 11.9 Å². The summed E-state index contributed by atoms with van der Waals surface area (Å²) in [4.78, 5) is 16.7.